The third-order valence-corrected chi connectivity index (χ3v) is 3.25. The normalized spacial score (nSPS) is 10.0. The van der Waals surface area contributed by atoms with Crippen molar-refractivity contribution in [1.29, 1.82) is 0 Å². The first-order valence-electron chi connectivity index (χ1n) is 7.67. The molecule has 23 heavy (non-hydrogen) atoms. The highest BCUT2D eigenvalue weighted by Crippen LogP contribution is 2.14. The highest BCUT2D eigenvalue weighted by Gasteiger charge is 2.12. The highest BCUT2D eigenvalue weighted by atomic mass is 32.1. The molecule has 0 saturated carbocycles. The number of benzene rings is 1. The van der Waals surface area contributed by atoms with Gasteiger partial charge in [0.2, 0.25) is 5.91 Å². The van der Waals surface area contributed by atoms with E-state index >= 15 is 0 Å². The molecule has 0 aliphatic heterocycles. The van der Waals surface area contributed by atoms with Crippen molar-refractivity contribution in [3.63, 3.8) is 0 Å². The van der Waals surface area contributed by atoms with E-state index in [4.69, 9.17) is 17.3 Å². The zero-order chi connectivity index (χ0) is 17.1. The van der Waals surface area contributed by atoms with E-state index in [1.165, 1.54) is 0 Å². The number of amides is 2. The predicted molar refractivity (Wildman–Crippen MR) is 94.4 cm³/mol. The van der Waals surface area contributed by atoms with E-state index in [1.807, 2.05) is 6.92 Å². The molecule has 6 nitrogen and oxygen atoms in total. The molecule has 0 atom stereocenters. The summed E-state index contributed by atoms with van der Waals surface area (Å²) in [5, 5.41) is 17.1. The highest BCUT2D eigenvalue weighted by molar-refractivity contribution is 7.80. The maximum absolute atomic E-state index is 12.1. The second kappa shape index (κ2) is 10.7. The minimum absolute atomic E-state index is 0.0219. The van der Waals surface area contributed by atoms with Crippen molar-refractivity contribution in [2.24, 2.45) is 0 Å². The van der Waals surface area contributed by atoms with E-state index in [0.717, 1.165) is 12.8 Å². The number of unbranched alkanes of at least 4 members (excludes halogenated alkanes) is 1. The van der Waals surface area contributed by atoms with Gasteiger partial charge < -0.3 is 21.1 Å². The molecule has 1 aromatic carbocycles. The molecular weight excluding hydrogens is 314 g/mol. The number of nitrogens with one attached hydrogen (secondary N) is 3. The molecule has 1 aromatic rings. The Bertz CT molecular complexity index is 549. The number of carbonyl (C=O) groups excluding carboxylic acids is 2. The molecule has 7 heteroatoms. The summed E-state index contributed by atoms with van der Waals surface area (Å²) in [6.07, 6.45) is 2.65. The Morgan fingerprint density at radius 2 is 1.96 bits per heavy atom. The van der Waals surface area contributed by atoms with E-state index in [0.29, 0.717) is 30.6 Å². The van der Waals surface area contributed by atoms with Crippen molar-refractivity contribution < 1.29 is 14.7 Å². The molecule has 0 saturated heterocycles. The van der Waals surface area contributed by atoms with Gasteiger partial charge in [0.1, 0.15) is 0 Å². The second-order valence-electron chi connectivity index (χ2n) is 4.98. The van der Waals surface area contributed by atoms with Gasteiger partial charge in [-0.25, -0.2) is 0 Å². The molecule has 0 aromatic heterocycles. The standard InChI is InChI=1S/C16H23N3O3S/c1-2-3-9-14(21)19-16(23)18-13-8-5-4-7-12(13)15(22)17-10-6-11-20/h4-5,7-8,20H,2-3,6,9-11H2,1H3,(H,17,22)(H2,18,19,21,23). The largest absolute Gasteiger partial charge is 0.396 e. The Hall–Kier alpha value is -1.99. The summed E-state index contributed by atoms with van der Waals surface area (Å²) in [7, 11) is 0. The number of thiocarbonyl (C=S) groups is 1. The first-order valence-corrected chi connectivity index (χ1v) is 8.08. The average molecular weight is 337 g/mol. The molecule has 0 heterocycles. The summed E-state index contributed by atoms with van der Waals surface area (Å²) in [6.45, 7) is 2.42. The van der Waals surface area contributed by atoms with E-state index in [-0.39, 0.29) is 23.5 Å². The summed E-state index contributed by atoms with van der Waals surface area (Å²) >= 11 is 5.11. The van der Waals surface area contributed by atoms with Crippen LogP contribution in [0.4, 0.5) is 5.69 Å². The molecule has 4 N–H and O–H groups in total. The van der Waals surface area contributed by atoms with Crippen LogP contribution in [0.15, 0.2) is 24.3 Å². The van der Waals surface area contributed by atoms with Crippen molar-refractivity contribution in [2.75, 3.05) is 18.5 Å². The van der Waals surface area contributed by atoms with Crippen molar-refractivity contribution >= 4 is 34.8 Å². The smallest absolute Gasteiger partial charge is 0.253 e. The van der Waals surface area contributed by atoms with Crippen molar-refractivity contribution in [2.45, 2.75) is 32.6 Å². The van der Waals surface area contributed by atoms with Gasteiger partial charge in [-0.1, -0.05) is 25.5 Å². The fraction of sp³-hybridized carbons (Fsp3) is 0.438. The van der Waals surface area contributed by atoms with Crippen LogP contribution in [-0.4, -0.2) is 35.2 Å². The zero-order valence-corrected chi connectivity index (χ0v) is 14.0. The molecular formula is C16H23N3O3S. The molecule has 0 unspecified atom stereocenters. The monoisotopic (exact) mass is 337 g/mol. The van der Waals surface area contributed by atoms with Crippen LogP contribution in [0, 0.1) is 0 Å². The van der Waals surface area contributed by atoms with Gasteiger partial charge in [-0.15, -0.1) is 0 Å². The van der Waals surface area contributed by atoms with Crippen molar-refractivity contribution in [1.82, 2.24) is 10.6 Å². The number of rotatable bonds is 8. The number of hydrogen-bond acceptors (Lipinski definition) is 4. The van der Waals surface area contributed by atoms with Crippen LogP contribution in [0.5, 0.6) is 0 Å². The van der Waals surface area contributed by atoms with E-state index in [1.54, 1.807) is 24.3 Å². The predicted octanol–water partition coefficient (Wildman–Crippen LogP) is 1.80. The number of aliphatic hydroxyl groups excluding tert-OH is 1. The van der Waals surface area contributed by atoms with Crippen LogP contribution in [0.25, 0.3) is 0 Å². The fourth-order valence-corrected chi connectivity index (χ4v) is 2.07. The third-order valence-electron chi connectivity index (χ3n) is 3.05. The number of anilines is 1. The van der Waals surface area contributed by atoms with Gasteiger partial charge in [-0.3, -0.25) is 9.59 Å². The Balaban J connectivity index is 2.64. The first kappa shape index (κ1) is 19.1. The lowest BCUT2D eigenvalue weighted by atomic mass is 10.1. The van der Waals surface area contributed by atoms with Gasteiger partial charge in [0, 0.05) is 19.6 Å². The van der Waals surface area contributed by atoms with E-state index in [9.17, 15) is 9.59 Å². The molecule has 126 valence electrons. The lowest BCUT2D eigenvalue weighted by molar-refractivity contribution is -0.119. The van der Waals surface area contributed by atoms with Gasteiger partial charge in [-0.05, 0) is 37.2 Å². The van der Waals surface area contributed by atoms with Crippen molar-refractivity contribution in [3.05, 3.63) is 29.8 Å². The average Bonchev–Trinajstić information content (AvgIpc) is 2.53. The van der Waals surface area contributed by atoms with Crippen molar-refractivity contribution in [3.8, 4) is 0 Å². The lowest BCUT2D eigenvalue weighted by Crippen LogP contribution is -2.35. The number of aliphatic hydroxyl groups is 1. The third kappa shape index (κ3) is 7.21. The lowest BCUT2D eigenvalue weighted by Gasteiger charge is -2.13. The molecule has 0 aliphatic carbocycles. The minimum Gasteiger partial charge on any atom is -0.396 e. The molecule has 0 spiro atoms. The Labute approximate surface area is 141 Å². The zero-order valence-electron chi connectivity index (χ0n) is 13.2. The summed E-state index contributed by atoms with van der Waals surface area (Å²) < 4.78 is 0. The van der Waals surface area contributed by atoms with Crippen LogP contribution in [0.3, 0.4) is 0 Å². The molecule has 0 aliphatic rings. The number of para-hydroxylation sites is 1. The summed E-state index contributed by atoms with van der Waals surface area (Å²) in [4.78, 5) is 23.8. The molecule has 0 fully saturated rings. The molecule has 1 rings (SSSR count). The number of carbonyl (C=O) groups is 2. The topological polar surface area (TPSA) is 90.5 Å². The van der Waals surface area contributed by atoms with Crippen LogP contribution in [0.1, 0.15) is 43.0 Å². The first-order chi connectivity index (χ1) is 11.1. The number of hydrogen-bond donors (Lipinski definition) is 4. The SMILES string of the molecule is CCCCC(=O)NC(=S)Nc1ccccc1C(=O)NCCCO. The Morgan fingerprint density at radius 1 is 1.22 bits per heavy atom. The fourth-order valence-electron chi connectivity index (χ4n) is 1.85. The van der Waals surface area contributed by atoms with E-state index in [2.05, 4.69) is 16.0 Å². The molecule has 0 radical (unpaired) electrons. The quantitative estimate of drug-likeness (QED) is 0.429. The minimum atomic E-state index is -0.262. The summed E-state index contributed by atoms with van der Waals surface area (Å²) in [6, 6.07) is 6.90. The Kier molecular flexibility index (Phi) is 8.86. The molecule has 0 bridgehead atoms. The second-order valence-corrected chi connectivity index (χ2v) is 5.39. The maximum atomic E-state index is 12.1. The van der Waals surface area contributed by atoms with Gasteiger partial charge in [0.15, 0.2) is 5.11 Å². The van der Waals surface area contributed by atoms with Gasteiger partial charge in [0.25, 0.3) is 5.91 Å². The summed E-state index contributed by atoms with van der Waals surface area (Å²) in [5.74, 6) is -0.407. The van der Waals surface area contributed by atoms with E-state index < -0.39 is 0 Å². The van der Waals surface area contributed by atoms with Crippen LogP contribution < -0.4 is 16.0 Å². The maximum Gasteiger partial charge on any atom is 0.253 e. The van der Waals surface area contributed by atoms with Gasteiger partial charge in [0.05, 0.1) is 11.3 Å². The van der Waals surface area contributed by atoms with Gasteiger partial charge >= 0.3 is 0 Å². The summed E-state index contributed by atoms with van der Waals surface area (Å²) in [5.41, 5.74) is 0.949. The Morgan fingerprint density at radius 3 is 2.65 bits per heavy atom. The van der Waals surface area contributed by atoms with Crippen LogP contribution in [0.2, 0.25) is 0 Å². The molecule has 2 amide bonds. The van der Waals surface area contributed by atoms with Gasteiger partial charge in [-0.2, -0.15) is 0 Å². The van der Waals surface area contributed by atoms with Crippen LogP contribution >= 0.6 is 12.2 Å². The van der Waals surface area contributed by atoms with Crippen LogP contribution in [-0.2, 0) is 4.79 Å².